The van der Waals surface area contributed by atoms with Crippen LogP contribution < -0.4 is 10.1 Å². The quantitative estimate of drug-likeness (QED) is 0.758. The second kappa shape index (κ2) is 9.16. The van der Waals surface area contributed by atoms with Crippen molar-refractivity contribution in [3.63, 3.8) is 0 Å². The third kappa shape index (κ3) is 5.97. The van der Waals surface area contributed by atoms with Gasteiger partial charge in [0.1, 0.15) is 5.75 Å². The maximum Gasteiger partial charge on any atom is 0.255 e. The van der Waals surface area contributed by atoms with Crippen LogP contribution in [0.3, 0.4) is 0 Å². The molecule has 1 amide bonds. The number of likely N-dealkylation sites (N-methyl/N-ethyl adjacent to an activating group) is 1. The van der Waals surface area contributed by atoms with Gasteiger partial charge in [0.15, 0.2) is 0 Å². The van der Waals surface area contributed by atoms with E-state index in [4.69, 9.17) is 4.74 Å². The fourth-order valence-corrected chi connectivity index (χ4v) is 2.57. The molecule has 0 saturated carbocycles. The van der Waals surface area contributed by atoms with E-state index in [1.54, 1.807) is 6.07 Å². The van der Waals surface area contributed by atoms with Crippen LogP contribution in [-0.2, 0) is 0 Å². The summed E-state index contributed by atoms with van der Waals surface area (Å²) in [6.45, 7) is 12.8. The van der Waals surface area contributed by atoms with Gasteiger partial charge in [0.05, 0.1) is 11.7 Å². The van der Waals surface area contributed by atoms with Crippen molar-refractivity contribution in [2.24, 2.45) is 0 Å². The fraction of sp³-hybridized carbons (Fsp3) is 0.588. The topological polar surface area (TPSA) is 41.6 Å². The minimum Gasteiger partial charge on any atom is -0.490 e. The summed E-state index contributed by atoms with van der Waals surface area (Å²) in [6.07, 6.45) is 0.0253. The van der Waals surface area contributed by atoms with E-state index in [2.05, 4.69) is 46.9 Å². The summed E-state index contributed by atoms with van der Waals surface area (Å²) in [5.74, 6) is 0.515. The standard InChI is InChI=1S/C17H27BrN2O2/c1-6-20(12(2)3)10-9-19-17(21)15-8-7-14(18)11-16(15)22-13(4)5/h7-8,11-13H,6,9-10H2,1-5H3,(H,19,21). The van der Waals surface area contributed by atoms with Gasteiger partial charge in [0, 0.05) is 23.6 Å². The van der Waals surface area contributed by atoms with Gasteiger partial charge in [-0.15, -0.1) is 0 Å². The second-order valence-electron chi connectivity index (χ2n) is 5.79. The van der Waals surface area contributed by atoms with Crippen LogP contribution in [0.5, 0.6) is 5.75 Å². The van der Waals surface area contributed by atoms with Crippen LogP contribution in [0.2, 0.25) is 0 Å². The van der Waals surface area contributed by atoms with Gasteiger partial charge in [0.2, 0.25) is 0 Å². The van der Waals surface area contributed by atoms with Crippen LogP contribution in [0.1, 0.15) is 45.0 Å². The summed E-state index contributed by atoms with van der Waals surface area (Å²) < 4.78 is 6.63. The zero-order chi connectivity index (χ0) is 16.7. The summed E-state index contributed by atoms with van der Waals surface area (Å²) in [4.78, 5) is 14.7. The molecule has 0 saturated heterocycles. The van der Waals surface area contributed by atoms with E-state index in [1.165, 1.54) is 0 Å². The van der Waals surface area contributed by atoms with E-state index >= 15 is 0 Å². The highest BCUT2D eigenvalue weighted by Gasteiger charge is 2.14. The number of nitrogens with zero attached hydrogens (tertiary/aromatic N) is 1. The molecule has 4 nitrogen and oxygen atoms in total. The lowest BCUT2D eigenvalue weighted by Gasteiger charge is -2.24. The van der Waals surface area contributed by atoms with Crippen molar-refractivity contribution < 1.29 is 9.53 Å². The Labute approximate surface area is 142 Å². The summed E-state index contributed by atoms with van der Waals surface area (Å²) in [5.41, 5.74) is 0.574. The molecule has 0 aliphatic carbocycles. The van der Waals surface area contributed by atoms with Crippen molar-refractivity contribution in [2.75, 3.05) is 19.6 Å². The SMILES string of the molecule is CCN(CCNC(=O)c1ccc(Br)cc1OC(C)C)C(C)C. The average Bonchev–Trinajstić information content (AvgIpc) is 2.42. The summed E-state index contributed by atoms with van der Waals surface area (Å²) >= 11 is 3.41. The molecule has 0 atom stereocenters. The summed E-state index contributed by atoms with van der Waals surface area (Å²) in [6, 6.07) is 5.96. The van der Waals surface area contributed by atoms with Crippen molar-refractivity contribution in [1.82, 2.24) is 10.2 Å². The first kappa shape index (κ1) is 19.0. The van der Waals surface area contributed by atoms with Crippen LogP contribution in [0.4, 0.5) is 0 Å². The Morgan fingerprint density at radius 3 is 2.55 bits per heavy atom. The van der Waals surface area contributed by atoms with Gasteiger partial charge in [-0.25, -0.2) is 0 Å². The first-order chi connectivity index (χ1) is 10.3. The van der Waals surface area contributed by atoms with Gasteiger partial charge in [0.25, 0.3) is 5.91 Å². The third-order valence-corrected chi connectivity index (χ3v) is 3.87. The van der Waals surface area contributed by atoms with Crippen LogP contribution in [0.25, 0.3) is 0 Å². The second-order valence-corrected chi connectivity index (χ2v) is 6.70. The average molecular weight is 371 g/mol. The monoisotopic (exact) mass is 370 g/mol. The van der Waals surface area contributed by atoms with Crippen LogP contribution in [0.15, 0.2) is 22.7 Å². The molecule has 1 aromatic rings. The molecule has 0 heterocycles. The molecule has 0 aliphatic rings. The van der Waals surface area contributed by atoms with E-state index in [0.29, 0.717) is 23.9 Å². The zero-order valence-corrected chi connectivity index (χ0v) is 15.7. The summed E-state index contributed by atoms with van der Waals surface area (Å²) in [5, 5.41) is 2.98. The summed E-state index contributed by atoms with van der Waals surface area (Å²) in [7, 11) is 0. The van der Waals surface area contributed by atoms with E-state index in [1.807, 2.05) is 26.0 Å². The highest BCUT2D eigenvalue weighted by molar-refractivity contribution is 9.10. The van der Waals surface area contributed by atoms with Gasteiger partial charge < -0.3 is 10.1 Å². The molecule has 0 aliphatic heterocycles. The number of benzene rings is 1. The van der Waals surface area contributed by atoms with E-state index in [9.17, 15) is 4.79 Å². The molecule has 0 radical (unpaired) electrons. The Bertz CT molecular complexity index is 490. The Kier molecular flexibility index (Phi) is 7.90. The fourth-order valence-electron chi connectivity index (χ4n) is 2.22. The Hall–Kier alpha value is -1.07. The van der Waals surface area contributed by atoms with Crippen LogP contribution in [0, 0.1) is 0 Å². The van der Waals surface area contributed by atoms with Crippen molar-refractivity contribution in [3.8, 4) is 5.75 Å². The number of halogens is 1. The van der Waals surface area contributed by atoms with Crippen LogP contribution in [-0.4, -0.2) is 42.6 Å². The Morgan fingerprint density at radius 2 is 2.00 bits per heavy atom. The number of nitrogens with one attached hydrogen (secondary N) is 1. The maximum absolute atomic E-state index is 12.4. The lowest BCUT2D eigenvalue weighted by molar-refractivity contribution is 0.0940. The molecule has 1 aromatic carbocycles. The predicted molar refractivity (Wildman–Crippen MR) is 94.6 cm³/mol. The minimum atomic E-state index is -0.0945. The highest BCUT2D eigenvalue weighted by Crippen LogP contribution is 2.24. The number of rotatable bonds is 8. The largest absolute Gasteiger partial charge is 0.490 e. The highest BCUT2D eigenvalue weighted by atomic mass is 79.9. The number of amides is 1. The number of ether oxygens (including phenoxy) is 1. The van der Waals surface area contributed by atoms with Gasteiger partial charge in [-0.3, -0.25) is 9.69 Å². The molecule has 0 unspecified atom stereocenters. The Morgan fingerprint density at radius 1 is 1.32 bits per heavy atom. The van der Waals surface area contributed by atoms with Gasteiger partial charge in [-0.1, -0.05) is 22.9 Å². The first-order valence-electron chi connectivity index (χ1n) is 7.83. The molecule has 0 aromatic heterocycles. The van der Waals surface area contributed by atoms with Gasteiger partial charge >= 0.3 is 0 Å². The molecule has 0 bridgehead atoms. The zero-order valence-electron chi connectivity index (χ0n) is 14.1. The molecule has 22 heavy (non-hydrogen) atoms. The minimum absolute atomic E-state index is 0.0253. The van der Waals surface area contributed by atoms with Gasteiger partial charge in [-0.05, 0) is 52.4 Å². The van der Waals surface area contributed by atoms with Crippen LogP contribution >= 0.6 is 15.9 Å². The number of hydrogen-bond acceptors (Lipinski definition) is 3. The molecular weight excluding hydrogens is 344 g/mol. The predicted octanol–water partition coefficient (Wildman–Crippen LogP) is 3.70. The molecule has 0 fully saturated rings. The van der Waals surface area contributed by atoms with Gasteiger partial charge in [-0.2, -0.15) is 0 Å². The van der Waals surface area contributed by atoms with E-state index < -0.39 is 0 Å². The van der Waals surface area contributed by atoms with E-state index in [-0.39, 0.29) is 12.0 Å². The van der Waals surface area contributed by atoms with Crippen molar-refractivity contribution in [3.05, 3.63) is 28.2 Å². The normalized spacial score (nSPS) is 11.3. The molecule has 124 valence electrons. The maximum atomic E-state index is 12.4. The number of carbonyl (C=O) groups excluding carboxylic acids is 1. The number of carbonyl (C=O) groups is 1. The van der Waals surface area contributed by atoms with Crippen molar-refractivity contribution in [2.45, 2.75) is 46.8 Å². The number of hydrogen-bond donors (Lipinski definition) is 1. The Balaban J connectivity index is 2.69. The van der Waals surface area contributed by atoms with E-state index in [0.717, 1.165) is 17.6 Å². The lowest BCUT2D eigenvalue weighted by Crippen LogP contribution is -2.38. The smallest absolute Gasteiger partial charge is 0.255 e. The third-order valence-electron chi connectivity index (χ3n) is 3.37. The lowest BCUT2D eigenvalue weighted by atomic mass is 10.2. The molecule has 0 spiro atoms. The molecule has 1 N–H and O–H groups in total. The molecule has 5 heteroatoms. The first-order valence-corrected chi connectivity index (χ1v) is 8.62. The van der Waals surface area contributed by atoms with Crippen molar-refractivity contribution >= 4 is 21.8 Å². The van der Waals surface area contributed by atoms with Crippen molar-refractivity contribution in [1.29, 1.82) is 0 Å². The molecular formula is C17H27BrN2O2. The molecule has 1 rings (SSSR count).